The second-order valence-electron chi connectivity index (χ2n) is 6.21. The molecule has 0 fully saturated rings. The molecule has 6 nitrogen and oxygen atoms in total. The zero-order chi connectivity index (χ0) is 16.8. The molecular formula is C16H37N3O3. The van der Waals surface area contributed by atoms with E-state index in [0.717, 1.165) is 52.2 Å². The molecule has 22 heavy (non-hydrogen) atoms. The summed E-state index contributed by atoms with van der Waals surface area (Å²) < 4.78 is 10.2. The highest BCUT2D eigenvalue weighted by molar-refractivity contribution is 4.69. The zero-order valence-electron chi connectivity index (χ0n) is 15.3. The van der Waals surface area contributed by atoms with E-state index < -0.39 is 0 Å². The molecule has 0 saturated heterocycles. The maximum Gasteiger partial charge on any atom is 0.0793 e. The minimum absolute atomic E-state index is 0.322. The van der Waals surface area contributed by atoms with Gasteiger partial charge in [0.05, 0.1) is 6.10 Å². The predicted octanol–water partition coefficient (Wildman–Crippen LogP) is 0.216. The van der Waals surface area contributed by atoms with Crippen LogP contribution in [0.4, 0.5) is 0 Å². The van der Waals surface area contributed by atoms with Gasteiger partial charge in [-0.15, -0.1) is 0 Å². The number of hydrogen-bond acceptors (Lipinski definition) is 6. The third-order valence-electron chi connectivity index (χ3n) is 3.57. The van der Waals surface area contributed by atoms with E-state index in [1.807, 2.05) is 0 Å². The molecule has 0 bridgehead atoms. The van der Waals surface area contributed by atoms with Gasteiger partial charge in [0.15, 0.2) is 0 Å². The molecule has 0 rings (SSSR count). The quantitative estimate of drug-likeness (QED) is 0.436. The fraction of sp³-hybridized carbons (Fsp3) is 1.00. The first-order valence-corrected chi connectivity index (χ1v) is 8.21. The van der Waals surface area contributed by atoms with Crippen LogP contribution in [0.1, 0.15) is 12.8 Å². The molecule has 0 aliphatic heterocycles. The predicted molar refractivity (Wildman–Crippen MR) is 91.5 cm³/mol. The smallest absolute Gasteiger partial charge is 0.0793 e. The molecule has 0 aliphatic rings. The van der Waals surface area contributed by atoms with Crippen molar-refractivity contribution in [3.63, 3.8) is 0 Å². The Morgan fingerprint density at radius 2 is 1.36 bits per heavy atom. The lowest BCUT2D eigenvalue weighted by Gasteiger charge is -2.28. The number of ether oxygens (including phenoxy) is 2. The molecule has 0 aromatic carbocycles. The molecular weight excluding hydrogens is 282 g/mol. The molecule has 0 aromatic heterocycles. The molecule has 6 heteroatoms. The van der Waals surface area contributed by atoms with Gasteiger partial charge < -0.3 is 29.3 Å². The summed E-state index contributed by atoms with van der Waals surface area (Å²) in [7, 11) is 9.65. The Kier molecular flexibility index (Phi) is 14.2. The number of hydrogen-bond donors (Lipinski definition) is 1. The molecule has 1 N–H and O–H groups in total. The SMILES string of the molecule is COCCCN(CCCOC)CC(O)CN(C)CCN(C)C. The first-order valence-electron chi connectivity index (χ1n) is 8.21. The second-order valence-corrected chi connectivity index (χ2v) is 6.21. The Hall–Kier alpha value is -0.240. The summed E-state index contributed by atoms with van der Waals surface area (Å²) in [5.41, 5.74) is 0. The summed E-state index contributed by atoms with van der Waals surface area (Å²) >= 11 is 0. The summed E-state index contributed by atoms with van der Waals surface area (Å²) in [5.74, 6) is 0. The number of likely N-dealkylation sites (N-methyl/N-ethyl adjacent to an activating group) is 2. The summed E-state index contributed by atoms with van der Waals surface area (Å²) in [4.78, 5) is 6.65. The van der Waals surface area contributed by atoms with Gasteiger partial charge in [0.2, 0.25) is 0 Å². The maximum absolute atomic E-state index is 10.3. The highest BCUT2D eigenvalue weighted by atomic mass is 16.5. The van der Waals surface area contributed by atoms with Gasteiger partial charge in [0, 0.05) is 66.7 Å². The summed E-state index contributed by atoms with van der Waals surface area (Å²) in [6.07, 6.45) is 1.66. The van der Waals surface area contributed by atoms with Crippen molar-refractivity contribution in [1.29, 1.82) is 0 Å². The normalized spacial score (nSPS) is 13.5. The van der Waals surface area contributed by atoms with Gasteiger partial charge >= 0.3 is 0 Å². The van der Waals surface area contributed by atoms with Crippen molar-refractivity contribution >= 4 is 0 Å². The summed E-state index contributed by atoms with van der Waals surface area (Å²) in [6, 6.07) is 0. The van der Waals surface area contributed by atoms with Gasteiger partial charge in [-0.2, -0.15) is 0 Å². The van der Waals surface area contributed by atoms with Gasteiger partial charge in [-0.1, -0.05) is 0 Å². The van der Waals surface area contributed by atoms with E-state index in [0.29, 0.717) is 13.1 Å². The molecule has 0 amide bonds. The third-order valence-corrected chi connectivity index (χ3v) is 3.57. The van der Waals surface area contributed by atoms with Gasteiger partial charge in [0.25, 0.3) is 0 Å². The van der Waals surface area contributed by atoms with Crippen molar-refractivity contribution in [3.05, 3.63) is 0 Å². The van der Waals surface area contributed by atoms with Crippen molar-refractivity contribution in [2.45, 2.75) is 18.9 Å². The highest BCUT2D eigenvalue weighted by Crippen LogP contribution is 2.00. The van der Waals surface area contributed by atoms with Crippen LogP contribution in [0, 0.1) is 0 Å². The number of aliphatic hydroxyl groups excluding tert-OH is 1. The third kappa shape index (κ3) is 13.4. The lowest BCUT2D eigenvalue weighted by atomic mass is 10.2. The number of rotatable bonds is 15. The van der Waals surface area contributed by atoms with Crippen LogP contribution in [0.2, 0.25) is 0 Å². The molecule has 0 heterocycles. The molecule has 1 atom stereocenters. The highest BCUT2D eigenvalue weighted by Gasteiger charge is 2.13. The van der Waals surface area contributed by atoms with E-state index in [2.05, 4.69) is 35.8 Å². The Labute approximate surface area is 137 Å². The Bertz CT molecular complexity index is 233. The van der Waals surface area contributed by atoms with Crippen molar-refractivity contribution < 1.29 is 14.6 Å². The molecule has 0 spiro atoms. The van der Waals surface area contributed by atoms with E-state index >= 15 is 0 Å². The summed E-state index contributed by atoms with van der Waals surface area (Å²) in [5, 5.41) is 10.3. The second kappa shape index (κ2) is 14.4. The average Bonchev–Trinajstić information content (AvgIpc) is 2.45. The molecule has 0 radical (unpaired) electrons. The number of nitrogens with zero attached hydrogens (tertiary/aromatic N) is 3. The van der Waals surface area contributed by atoms with Crippen LogP contribution in [-0.4, -0.2) is 114 Å². The molecule has 0 aromatic rings. The summed E-state index contributed by atoms with van der Waals surface area (Å²) in [6.45, 7) is 6.83. The van der Waals surface area contributed by atoms with E-state index in [-0.39, 0.29) is 6.10 Å². The standard InChI is InChI=1S/C16H37N3O3/c1-17(2)10-11-18(3)14-16(20)15-19(8-6-12-21-4)9-7-13-22-5/h16,20H,6-15H2,1-5H3. The minimum Gasteiger partial charge on any atom is -0.390 e. The molecule has 0 saturated carbocycles. The Morgan fingerprint density at radius 3 is 1.82 bits per heavy atom. The van der Waals surface area contributed by atoms with E-state index in [1.165, 1.54) is 0 Å². The van der Waals surface area contributed by atoms with Gasteiger partial charge in [-0.25, -0.2) is 0 Å². The van der Waals surface area contributed by atoms with E-state index in [4.69, 9.17) is 9.47 Å². The minimum atomic E-state index is -0.322. The number of methoxy groups -OCH3 is 2. The largest absolute Gasteiger partial charge is 0.390 e. The topological polar surface area (TPSA) is 48.4 Å². The zero-order valence-corrected chi connectivity index (χ0v) is 15.3. The van der Waals surface area contributed by atoms with Crippen LogP contribution in [0.5, 0.6) is 0 Å². The fourth-order valence-corrected chi connectivity index (χ4v) is 2.34. The Balaban J connectivity index is 4.07. The van der Waals surface area contributed by atoms with Crippen LogP contribution in [0.3, 0.4) is 0 Å². The molecule has 134 valence electrons. The van der Waals surface area contributed by atoms with E-state index in [9.17, 15) is 5.11 Å². The van der Waals surface area contributed by atoms with Gasteiger partial charge in [0.1, 0.15) is 0 Å². The van der Waals surface area contributed by atoms with Crippen LogP contribution >= 0.6 is 0 Å². The van der Waals surface area contributed by atoms with E-state index in [1.54, 1.807) is 14.2 Å². The molecule has 0 aliphatic carbocycles. The monoisotopic (exact) mass is 319 g/mol. The Morgan fingerprint density at radius 1 is 0.818 bits per heavy atom. The number of aliphatic hydroxyl groups is 1. The van der Waals surface area contributed by atoms with Crippen molar-refractivity contribution in [2.24, 2.45) is 0 Å². The fourth-order valence-electron chi connectivity index (χ4n) is 2.34. The van der Waals surface area contributed by atoms with Crippen molar-refractivity contribution in [2.75, 3.05) is 87.8 Å². The average molecular weight is 319 g/mol. The maximum atomic E-state index is 10.3. The first kappa shape index (κ1) is 21.8. The molecule has 1 unspecified atom stereocenters. The van der Waals surface area contributed by atoms with Crippen molar-refractivity contribution in [1.82, 2.24) is 14.7 Å². The van der Waals surface area contributed by atoms with Crippen LogP contribution in [-0.2, 0) is 9.47 Å². The van der Waals surface area contributed by atoms with Crippen LogP contribution in [0.25, 0.3) is 0 Å². The van der Waals surface area contributed by atoms with Gasteiger partial charge in [-0.05, 0) is 34.0 Å². The first-order chi connectivity index (χ1) is 10.5. The van der Waals surface area contributed by atoms with Crippen LogP contribution in [0.15, 0.2) is 0 Å². The lowest BCUT2D eigenvalue weighted by Crippen LogP contribution is -2.41. The van der Waals surface area contributed by atoms with Crippen molar-refractivity contribution in [3.8, 4) is 0 Å². The van der Waals surface area contributed by atoms with Crippen LogP contribution < -0.4 is 0 Å². The lowest BCUT2D eigenvalue weighted by molar-refractivity contribution is 0.0708. The van der Waals surface area contributed by atoms with Gasteiger partial charge in [-0.3, -0.25) is 0 Å².